The molecule has 0 spiro atoms. The topological polar surface area (TPSA) is 35.5 Å². The Kier molecular flexibility index (Phi) is 4.62. The summed E-state index contributed by atoms with van der Waals surface area (Å²) in [4.78, 5) is 10.5. The Morgan fingerprint density at radius 3 is 2.73 bits per heavy atom. The van der Waals surface area contributed by atoms with E-state index in [-0.39, 0.29) is 0 Å². The highest BCUT2D eigenvalue weighted by Gasteiger charge is 2.11. The van der Waals surface area contributed by atoms with Crippen molar-refractivity contribution >= 4 is 22.2 Å². The second-order valence-electron chi connectivity index (χ2n) is 2.90. The van der Waals surface area contributed by atoms with Gasteiger partial charge in [-0.25, -0.2) is 0 Å². The minimum atomic E-state index is 0.325. The van der Waals surface area contributed by atoms with E-state index >= 15 is 0 Å². The first-order valence-electron chi connectivity index (χ1n) is 4.65. The average molecular weight is 273 g/mol. The van der Waals surface area contributed by atoms with Crippen molar-refractivity contribution in [3.05, 3.63) is 22.2 Å². The molecule has 3 nitrogen and oxygen atoms in total. The van der Waals surface area contributed by atoms with Gasteiger partial charge in [0.05, 0.1) is 13.7 Å². The molecule has 1 aromatic carbocycles. The third-order valence-electron chi connectivity index (χ3n) is 1.91. The third kappa shape index (κ3) is 2.96. The van der Waals surface area contributed by atoms with Gasteiger partial charge in [0.25, 0.3) is 0 Å². The molecule has 0 saturated carbocycles. The molecule has 0 unspecified atom stereocenters. The van der Waals surface area contributed by atoms with Crippen LogP contribution in [0.3, 0.4) is 0 Å². The molecule has 0 aliphatic heterocycles. The second-order valence-corrected chi connectivity index (χ2v) is 3.82. The SMILES string of the molecule is CCOc1c(CC=O)cc(Br)cc1OC. The van der Waals surface area contributed by atoms with Crippen molar-refractivity contribution in [2.24, 2.45) is 0 Å². The molecule has 0 saturated heterocycles. The summed E-state index contributed by atoms with van der Waals surface area (Å²) in [6.45, 7) is 2.44. The summed E-state index contributed by atoms with van der Waals surface area (Å²) in [6.07, 6.45) is 1.18. The lowest BCUT2D eigenvalue weighted by molar-refractivity contribution is -0.107. The highest BCUT2D eigenvalue weighted by Crippen LogP contribution is 2.34. The van der Waals surface area contributed by atoms with Gasteiger partial charge in [-0.15, -0.1) is 0 Å². The lowest BCUT2D eigenvalue weighted by atomic mass is 10.1. The molecular formula is C11H13BrO3. The Morgan fingerprint density at radius 1 is 1.47 bits per heavy atom. The van der Waals surface area contributed by atoms with Gasteiger partial charge in [-0.05, 0) is 19.1 Å². The first kappa shape index (κ1) is 12.0. The van der Waals surface area contributed by atoms with Gasteiger partial charge in [0.1, 0.15) is 6.29 Å². The van der Waals surface area contributed by atoms with Gasteiger partial charge < -0.3 is 14.3 Å². The molecule has 0 aliphatic carbocycles. The standard InChI is InChI=1S/C11H13BrO3/c1-3-15-11-8(4-5-13)6-9(12)7-10(11)14-2/h5-7H,3-4H2,1-2H3. The average Bonchev–Trinajstić information content (AvgIpc) is 2.22. The lowest BCUT2D eigenvalue weighted by Crippen LogP contribution is -2.00. The molecule has 0 fully saturated rings. The molecule has 0 aliphatic rings. The Labute approximate surface area is 97.5 Å². The van der Waals surface area contributed by atoms with Crippen LogP contribution in [0.4, 0.5) is 0 Å². The van der Waals surface area contributed by atoms with E-state index in [1.54, 1.807) is 7.11 Å². The van der Waals surface area contributed by atoms with Gasteiger partial charge in [0.15, 0.2) is 11.5 Å². The van der Waals surface area contributed by atoms with Gasteiger partial charge in [0.2, 0.25) is 0 Å². The second kappa shape index (κ2) is 5.75. The smallest absolute Gasteiger partial charge is 0.164 e. The van der Waals surface area contributed by atoms with Crippen LogP contribution in [0.15, 0.2) is 16.6 Å². The van der Waals surface area contributed by atoms with Crippen LogP contribution in [-0.4, -0.2) is 20.0 Å². The number of halogens is 1. The number of methoxy groups -OCH3 is 1. The monoisotopic (exact) mass is 272 g/mol. The van der Waals surface area contributed by atoms with Crippen LogP contribution in [0, 0.1) is 0 Å². The van der Waals surface area contributed by atoms with E-state index in [2.05, 4.69) is 15.9 Å². The maximum Gasteiger partial charge on any atom is 0.164 e. The van der Waals surface area contributed by atoms with Crippen molar-refractivity contribution in [3.63, 3.8) is 0 Å². The Bertz CT molecular complexity index is 350. The zero-order chi connectivity index (χ0) is 11.3. The predicted octanol–water partition coefficient (Wildman–Crippen LogP) is 2.60. The van der Waals surface area contributed by atoms with Gasteiger partial charge in [-0.2, -0.15) is 0 Å². The molecular weight excluding hydrogens is 260 g/mol. The number of aldehydes is 1. The normalized spacial score (nSPS) is 9.80. The summed E-state index contributed by atoms with van der Waals surface area (Å²) < 4.78 is 11.5. The van der Waals surface area contributed by atoms with Gasteiger partial charge >= 0.3 is 0 Å². The first-order chi connectivity index (χ1) is 7.22. The van der Waals surface area contributed by atoms with Gasteiger partial charge in [0, 0.05) is 16.5 Å². The van der Waals surface area contributed by atoms with Crippen LogP contribution in [-0.2, 0) is 11.2 Å². The van der Waals surface area contributed by atoms with E-state index in [0.29, 0.717) is 24.5 Å². The Balaban J connectivity index is 3.19. The van der Waals surface area contributed by atoms with Crippen molar-refractivity contribution in [1.82, 2.24) is 0 Å². The van der Waals surface area contributed by atoms with Crippen LogP contribution >= 0.6 is 15.9 Å². The molecule has 0 radical (unpaired) electrons. The van der Waals surface area contributed by atoms with Crippen LogP contribution in [0.2, 0.25) is 0 Å². The fourth-order valence-corrected chi connectivity index (χ4v) is 1.81. The van der Waals surface area contributed by atoms with E-state index in [1.807, 2.05) is 19.1 Å². The molecule has 0 atom stereocenters. The number of hydrogen-bond donors (Lipinski definition) is 0. The Morgan fingerprint density at radius 2 is 2.20 bits per heavy atom. The molecule has 0 amide bonds. The van der Waals surface area contributed by atoms with Crippen molar-refractivity contribution in [3.8, 4) is 11.5 Å². The van der Waals surface area contributed by atoms with Gasteiger partial charge in [-0.3, -0.25) is 0 Å². The quantitative estimate of drug-likeness (QED) is 0.773. The van der Waals surface area contributed by atoms with Gasteiger partial charge in [-0.1, -0.05) is 15.9 Å². The summed E-state index contributed by atoms with van der Waals surface area (Å²) in [5.74, 6) is 1.29. The highest BCUT2D eigenvalue weighted by atomic mass is 79.9. The van der Waals surface area contributed by atoms with Crippen molar-refractivity contribution in [1.29, 1.82) is 0 Å². The van der Waals surface area contributed by atoms with Crippen molar-refractivity contribution in [2.45, 2.75) is 13.3 Å². The first-order valence-corrected chi connectivity index (χ1v) is 5.45. The minimum absolute atomic E-state index is 0.325. The molecule has 82 valence electrons. The molecule has 15 heavy (non-hydrogen) atoms. The van der Waals surface area contributed by atoms with E-state index in [9.17, 15) is 4.79 Å². The maximum atomic E-state index is 10.5. The number of carbonyl (C=O) groups is 1. The summed E-state index contributed by atoms with van der Waals surface area (Å²) in [6, 6.07) is 3.68. The zero-order valence-electron chi connectivity index (χ0n) is 8.75. The molecule has 0 aromatic heterocycles. The van der Waals surface area contributed by atoms with Crippen LogP contribution in [0.5, 0.6) is 11.5 Å². The highest BCUT2D eigenvalue weighted by molar-refractivity contribution is 9.10. The maximum absolute atomic E-state index is 10.5. The number of hydrogen-bond acceptors (Lipinski definition) is 3. The lowest BCUT2D eigenvalue weighted by Gasteiger charge is -2.13. The number of benzene rings is 1. The predicted molar refractivity (Wildman–Crippen MR) is 61.6 cm³/mol. The Hall–Kier alpha value is -1.03. The van der Waals surface area contributed by atoms with Crippen LogP contribution in [0.1, 0.15) is 12.5 Å². The van der Waals surface area contributed by atoms with Crippen molar-refractivity contribution < 1.29 is 14.3 Å². The molecule has 0 N–H and O–H groups in total. The van der Waals surface area contributed by atoms with Crippen LogP contribution in [0.25, 0.3) is 0 Å². The molecule has 4 heteroatoms. The summed E-state index contributed by atoms with van der Waals surface area (Å²) in [5.41, 5.74) is 0.832. The van der Waals surface area contributed by atoms with E-state index < -0.39 is 0 Å². The summed E-state index contributed by atoms with van der Waals surface area (Å²) in [5, 5.41) is 0. The summed E-state index contributed by atoms with van der Waals surface area (Å²) in [7, 11) is 1.58. The summed E-state index contributed by atoms with van der Waals surface area (Å²) >= 11 is 3.36. The number of carbonyl (C=O) groups excluding carboxylic acids is 1. The molecule has 1 aromatic rings. The number of rotatable bonds is 5. The third-order valence-corrected chi connectivity index (χ3v) is 2.37. The molecule has 0 bridgehead atoms. The largest absolute Gasteiger partial charge is 0.493 e. The van der Waals surface area contributed by atoms with E-state index in [4.69, 9.17) is 9.47 Å². The number of ether oxygens (including phenoxy) is 2. The molecule has 1 rings (SSSR count). The molecule has 0 heterocycles. The van der Waals surface area contributed by atoms with Crippen LogP contribution < -0.4 is 9.47 Å². The fourth-order valence-electron chi connectivity index (χ4n) is 1.32. The van der Waals surface area contributed by atoms with E-state index in [0.717, 1.165) is 16.3 Å². The van der Waals surface area contributed by atoms with Crippen molar-refractivity contribution in [2.75, 3.05) is 13.7 Å². The zero-order valence-corrected chi connectivity index (χ0v) is 10.3. The minimum Gasteiger partial charge on any atom is -0.493 e. The fraction of sp³-hybridized carbons (Fsp3) is 0.364. The van der Waals surface area contributed by atoms with E-state index in [1.165, 1.54) is 0 Å².